The van der Waals surface area contributed by atoms with Gasteiger partial charge in [0.2, 0.25) is 5.91 Å². The molecule has 2 aliphatic heterocycles. The van der Waals surface area contributed by atoms with Crippen LogP contribution in [-0.4, -0.2) is 73.5 Å². The van der Waals surface area contributed by atoms with E-state index in [0.717, 1.165) is 52.2 Å². The summed E-state index contributed by atoms with van der Waals surface area (Å²) in [5.41, 5.74) is 0.703. The van der Waals surface area contributed by atoms with Crippen molar-refractivity contribution >= 4 is 17.5 Å². The number of carbonyl (C=O) groups excluding carboxylic acids is 1. The number of benzene rings is 1. The topological polar surface area (TPSA) is 26.8 Å². The Hall–Kier alpha value is -1.17. The fourth-order valence-electron chi connectivity index (χ4n) is 3.78. The van der Waals surface area contributed by atoms with Gasteiger partial charge in [0.05, 0.1) is 6.42 Å². The monoisotopic (exact) mass is 367 g/mol. The van der Waals surface area contributed by atoms with Crippen LogP contribution in [0.1, 0.15) is 18.4 Å². The number of likely N-dealkylation sites (tertiary alicyclic amines) is 1. The van der Waals surface area contributed by atoms with Gasteiger partial charge in [-0.05, 0) is 43.5 Å². The Bertz CT molecular complexity index is 604. The van der Waals surface area contributed by atoms with Crippen molar-refractivity contribution < 1.29 is 9.18 Å². The van der Waals surface area contributed by atoms with Crippen LogP contribution in [0.5, 0.6) is 0 Å². The van der Waals surface area contributed by atoms with Gasteiger partial charge in [0, 0.05) is 50.8 Å². The van der Waals surface area contributed by atoms with E-state index in [2.05, 4.69) is 16.8 Å². The highest BCUT2D eigenvalue weighted by atomic mass is 35.5. The molecule has 2 fully saturated rings. The van der Waals surface area contributed by atoms with Gasteiger partial charge in [-0.2, -0.15) is 0 Å². The number of amides is 1. The van der Waals surface area contributed by atoms with Crippen LogP contribution < -0.4 is 0 Å². The maximum absolute atomic E-state index is 13.2. The summed E-state index contributed by atoms with van der Waals surface area (Å²) in [6, 6.07) is 4.25. The highest BCUT2D eigenvalue weighted by Gasteiger charge is 2.26. The summed E-state index contributed by atoms with van der Waals surface area (Å²) in [6.07, 6.45) is 2.50. The molecule has 4 nitrogen and oxygen atoms in total. The molecule has 0 aliphatic carbocycles. The van der Waals surface area contributed by atoms with Gasteiger partial charge in [-0.25, -0.2) is 4.39 Å². The molecule has 0 bridgehead atoms. The minimum atomic E-state index is -0.369. The molecule has 0 N–H and O–H groups in total. The van der Waals surface area contributed by atoms with Crippen molar-refractivity contribution in [2.24, 2.45) is 5.92 Å². The number of hydrogen-bond acceptors (Lipinski definition) is 3. The summed E-state index contributed by atoms with van der Waals surface area (Å²) >= 11 is 6.06. The van der Waals surface area contributed by atoms with Crippen molar-refractivity contribution in [3.8, 4) is 0 Å². The van der Waals surface area contributed by atoms with Crippen LogP contribution in [0, 0.1) is 11.7 Å². The smallest absolute Gasteiger partial charge is 0.227 e. The normalized spacial score (nSPS) is 23.0. The van der Waals surface area contributed by atoms with Gasteiger partial charge in [0.15, 0.2) is 0 Å². The lowest BCUT2D eigenvalue weighted by Crippen LogP contribution is -2.49. The van der Waals surface area contributed by atoms with E-state index in [0.29, 0.717) is 16.5 Å². The third-order valence-corrected chi connectivity index (χ3v) is 5.69. The van der Waals surface area contributed by atoms with Crippen LogP contribution in [0.2, 0.25) is 5.02 Å². The van der Waals surface area contributed by atoms with E-state index in [9.17, 15) is 9.18 Å². The summed E-state index contributed by atoms with van der Waals surface area (Å²) in [5, 5.41) is 0.333. The minimum Gasteiger partial charge on any atom is -0.342 e. The Kier molecular flexibility index (Phi) is 6.31. The van der Waals surface area contributed by atoms with Gasteiger partial charge in [0.25, 0.3) is 0 Å². The molecule has 0 unspecified atom stereocenters. The second-order valence-electron chi connectivity index (χ2n) is 7.36. The standard InChI is InChI=1S/C19H27ClFN3O/c1-22-7-9-23(10-8-22)13-15-3-2-6-24(14-15)19(25)11-16-4-5-17(21)12-18(16)20/h4-5,12,15H,2-3,6-11,13-14H2,1H3/t15-/m0/s1. The number of likely N-dealkylation sites (N-methyl/N-ethyl adjacent to an activating group) is 1. The third kappa shape index (κ3) is 5.16. The zero-order valence-electron chi connectivity index (χ0n) is 14.9. The van der Waals surface area contributed by atoms with Crippen LogP contribution in [0.25, 0.3) is 0 Å². The Morgan fingerprint density at radius 1 is 1.24 bits per heavy atom. The van der Waals surface area contributed by atoms with Gasteiger partial charge >= 0.3 is 0 Å². The third-order valence-electron chi connectivity index (χ3n) is 5.34. The number of rotatable bonds is 4. The molecule has 0 aromatic heterocycles. The second-order valence-corrected chi connectivity index (χ2v) is 7.77. The maximum atomic E-state index is 13.2. The first kappa shape index (κ1) is 18.6. The zero-order chi connectivity index (χ0) is 17.8. The molecule has 6 heteroatoms. The molecule has 0 spiro atoms. The molecule has 3 rings (SSSR count). The van der Waals surface area contributed by atoms with E-state index in [1.165, 1.54) is 18.6 Å². The lowest BCUT2D eigenvalue weighted by atomic mass is 9.96. The maximum Gasteiger partial charge on any atom is 0.227 e. The number of piperazine rings is 1. The molecule has 138 valence electrons. The van der Waals surface area contributed by atoms with Gasteiger partial charge < -0.3 is 14.7 Å². The van der Waals surface area contributed by atoms with E-state index < -0.39 is 0 Å². The van der Waals surface area contributed by atoms with E-state index >= 15 is 0 Å². The SMILES string of the molecule is CN1CCN(C[C@@H]2CCCN(C(=O)Cc3ccc(F)cc3Cl)C2)CC1. The number of hydrogen-bond donors (Lipinski definition) is 0. The van der Waals surface area contributed by atoms with Crippen molar-refractivity contribution in [1.29, 1.82) is 0 Å². The minimum absolute atomic E-state index is 0.0941. The first-order valence-electron chi connectivity index (χ1n) is 9.14. The Morgan fingerprint density at radius 3 is 2.72 bits per heavy atom. The first-order chi connectivity index (χ1) is 12.0. The zero-order valence-corrected chi connectivity index (χ0v) is 15.6. The molecule has 1 atom stereocenters. The molecule has 2 aliphatic rings. The Balaban J connectivity index is 1.52. The average molecular weight is 368 g/mol. The van der Waals surface area contributed by atoms with Crippen LogP contribution in [0.15, 0.2) is 18.2 Å². The van der Waals surface area contributed by atoms with Crippen molar-refractivity contribution in [2.45, 2.75) is 19.3 Å². The van der Waals surface area contributed by atoms with Crippen molar-refractivity contribution in [3.63, 3.8) is 0 Å². The average Bonchev–Trinajstić information content (AvgIpc) is 2.60. The molecule has 0 radical (unpaired) electrons. The number of halogens is 2. The molecule has 1 aromatic rings. The lowest BCUT2D eigenvalue weighted by molar-refractivity contribution is -0.132. The van der Waals surface area contributed by atoms with Crippen molar-refractivity contribution in [2.75, 3.05) is 52.9 Å². The quantitative estimate of drug-likeness (QED) is 0.818. The van der Waals surface area contributed by atoms with Gasteiger partial charge in [0.1, 0.15) is 5.82 Å². The Labute approximate surface area is 154 Å². The van der Waals surface area contributed by atoms with E-state index in [-0.39, 0.29) is 18.1 Å². The fourth-order valence-corrected chi connectivity index (χ4v) is 4.01. The summed E-state index contributed by atoms with van der Waals surface area (Å²) in [5.74, 6) is 0.271. The summed E-state index contributed by atoms with van der Waals surface area (Å²) in [4.78, 5) is 19.5. The molecule has 0 saturated carbocycles. The van der Waals surface area contributed by atoms with E-state index in [1.807, 2.05) is 4.90 Å². The largest absolute Gasteiger partial charge is 0.342 e. The molecule has 1 amide bonds. The molecule has 1 aromatic carbocycles. The second kappa shape index (κ2) is 8.47. The van der Waals surface area contributed by atoms with Crippen LogP contribution in [0.3, 0.4) is 0 Å². The predicted molar refractivity (Wildman–Crippen MR) is 98.4 cm³/mol. The molecule has 25 heavy (non-hydrogen) atoms. The molecule has 2 heterocycles. The van der Waals surface area contributed by atoms with Crippen molar-refractivity contribution in [1.82, 2.24) is 14.7 Å². The van der Waals surface area contributed by atoms with Crippen LogP contribution >= 0.6 is 11.6 Å². The molecular weight excluding hydrogens is 341 g/mol. The lowest BCUT2D eigenvalue weighted by Gasteiger charge is -2.38. The molecule has 2 saturated heterocycles. The highest BCUT2D eigenvalue weighted by Crippen LogP contribution is 2.22. The summed E-state index contributed by atoms with van der Waals surface area (Å²) < 4.78 is 13.2. The number of nitrogens with zero attached hydrogens (tertiary/aromatic N) is 3. The molecular formula is C19H27ClFN3O. The Morgan fingerprint density at radius 2 is 2.00 bits per heavy atom. The number of piperidine rings is 1. The predicted octanol–water partition coefficient (Wildman–Crippen LogP) is 2.51. The van der Waals surface area contributed by atoms with E-state index in [1.54, 1.807) is 6.07 Å². The number of carbonyl (C=O) groups is 1. The van der Waals surface area contributed by atoms with Gasteiger partial charge in [-0.1, -0.05) is 17.7 Å². The van der Waals surface area contributed by atoms with Crippen molar-refractivity contribution in [3.05, 3.63) is 34.6 Å². The van der Waals surface area contributed by atoms with Crippen LogP contribution in [0.4, 0.5) is 4.39 Å². The van der Waals surface area contributed by atoms with Gasteiger partial charge in [-0.15, -0.1) is 0 Å². The summed E-state index contributed by atoms with van der Waals surface area (Å²) in [6.45, 7) is 7.20. The van der Waals surface area contributed by atoms with Crippen LogP contribution in [-0.2, 0) is 11.2 Å². The van der Waals surface area contributed by atoms with E-state index in [4.69, 9.17) is 11.6 Å². The fraction of sp³-hybridized carbons (Fsp3) is 0.632. The summed E-state index contributed by atoms with van der Waals surface area (Å²) in [7, 11) is 2.17. The first-order valence-corrected chi connectivity index (χ1v) is 9.51. The van der Waals surface area contributed by atoms with Gasteiger partial charge in [-0.3, -0.25) is 4.79 Å². The highest BCUT2D eigenvalue weighted by molar-refractivity contribution is 6.31.